The van der Waals surface area contributed by atoms with Gasteiger partial charge in [0.15, 0.2) is 0 Å². The normalized spacial score (nSPS) is 16.4. The zero-order valence-corrected chi connectivity index (χ0v) is 13.7. The lowest BCUT2D eigenvalue weighted by atomic mass is 10.0. The second kappa shape index (κ2) is 7.41. The number of rotatable bonds is 3. The number of piperazine rings is 1. The molecule has 1 saturated heterocycles. The van der Waals surface area contributed by atoms with Crippen molar-refractivity contribution in [2.24, 2.45) is 0 Å². The number of carbonyl (C=O) groups excluding carboxylic acids is 2. The minimum atomic E-state index is -0.680. The minimum absolute atomic E-state index is 0.162. The van der Waals surface area contributed by atoms with Crippen LogP contribution in [0, 0.1) is 5.82 Å². The number of ether oxygens (including phenoxy) is 1. The maximum absolute atomic E-state index is 14.1. The van der Waals surface area contributed by atoms with Gasteiger partial charge in [-0.05, 0) is 20.2 Å². The summed E-state index contributed by atoms with van der Waals surface area (Å²) in [5.41, 5.74) is 0.359. The Morgan fingerprint density at radius 2 is 1.70 bits per heavy atom. The van der Waals surface area contributed by atoms with Gasteiger partial charge >= 0.3 is 6.09 Å². The summed E-state index contributed by atoms with van der Waals surface area (Å²) < 4.78 is 18.8. The molecule has 0 spiro atoms. The highest BCUT2D eigenvalue weighted by Gasteiger charge is 2.32. The van der Waals surface area contributed by atoms with Crippen molar-refractivity contribution in [2.45, 2.75) is 6.04 Å². The summed E-state index contributed by atoms with van der Waals surface area (Å²) in [6.45, 7) is 1.64. The molecule has 0 bridgehead atoms. The van der Waals surface area contributed by atoms with E-state index in [1.165, 1.54) is 13.2 Å². The van der Waals surface area contributed by atoms with Gasteiger partial charge in [-0.25, -0.2) is 9.18 Å². The smallest absolute Gasteiger partial charge is 0.409 e. The first kappa shape index (κ1) is 17.2. The molecule has 7 heteroatoms. The lowest BCUT2D eigenvalue weighted by Gasteiger charge is -2.37. The van der Waals surface area contributed by atoms with Crippen molar-refractivity contribution < 1.29 is 18.7 Å². The molecule has 1 heterocycles. The maximum Gasteiger partial charge on any atom is 0.409 e. The molecule has 1 aromatic carbocycles. The number of carbonyl (C=O) groups is 2. The van der Waals surface area contributed by atoms with Crippen LogP contribution in [0.4, 0.5) is 9.18 Å². The summed E-state index contributed by atoms with van der Waals surface area (Å²) in [6.07, 6.45) is -0.393. The zero-order valence-electron chi connectivity index (χ0n) is 13.7. The first-order valence-corrected chi connectivity index (χ1v) is 7.48. The Bertz CT molecular complexity index is 571. The lowest BCUT2D eigenvalue weighted by molar-refractivity contribution is -0.138. The number of nitrogens with zero attached hydrogens (tertiary/aromatic N) is 3. The van der Waals surface area contributed by atoms with Crippen LogP contribution in [-0.2, 0) is 9.53 Å². The molecule has 1 fully saturated rings. The van der Waals surface area contributed by atoms with Crippen molar-refractivity contribution in [3.05, 3.63) is 35.6 Å². The average molecular weight is 323 g/mol. The van der Waals surface area contributed by atoms with Gasteiger partial charge in [0.2, 0.25) is 5.91 Å². The third-order valence-electron chi connectivity index (χ3n) is 3.97. The second-order valence-corrected chi connectivity index (χ2v) is 5.67. The molecule has 0 aliphatic carbocycles. The molecule has 0 saturated carbocycles. The largest absolute Gasteiger partial charge is 0.453 e. The summed E-state index contributed by atoms with van der Waals surface area (Å²) in [4.78, 5) is 29.2. The van der Waals surface area contributed by atoms with Crippen LogP contribution in [-0.4, -0.2) is 74.1 Å². The summed E-state index contributed by atoms with van der Waals surface area (Å²) in [7, 11) is 4.83. The first-order valence-electron chi connectivity index (χ1n) is 7.48. The molecular formula is C16H22FN3O3. The standard InChI is InChI=1S/C16H22FN3O3/c1-18(2)14(12-6-4-5-7-13(12)17)15(21)19-8-10-20(11-9-19)16(22)23-3/h4-7,14H,8-11H2,1-3H3. The molecule has 1 aromatic rings. The van der Waals surface area contributed by atoms with Gasteiger partial charge in [0.25, 0.3) is 0 Å². The fraction of sp³-hybridized carbons (Fsp3) is 0.500. The van der Waals surface area contributed by atoms with Crippen molar-refractivity contribution in [1.82, 2.24) is 14.7 Å². The molecule has 2 rings (SSSR count). The Balaban J connectivity index is 2.12. The molecule has 0 radical (unpaired) electrons. The molecule has 1 unspecified atom stereocenters. The van der Waals surface area contributed by atoms with E-state index < -0.39 is 18.0 Å². The van der Waals surface area contributed by atoms with E-state index >= 15 is 0 Å². The van der Waals surface area contributed by atoms with Crippen LogP contribution in [0.15, 0.2) is 24.3 Å². The molecule has 0 N–H and O–H groups in total. The van der Waals surface area contributed by atoms with Crippen molar-refractivity contribution in [2.75, 3.05) is 47.4 Å². The summed E-state index contributed by atoms with van der Waals surface area (Å²) in [5, 5.41) is 0. The van der Waals surface area contributed by atoms with Crippen LogP contribution in [0.25, 0.3) is 0 Å². The maximum atomic E-state index is 14.1. The van der Waals surface area contributed by atoms with Crippen LogP contribution >= 0.6 is 0 Å². The Kier molecular flexibility index (Phi) is 5.54. The molecule has 1 atom stereocenters. The van der Waals surface area contributed by atoms with E-state index in [9.17, 15) is 14.0 Å². The first-order chi connectivity index (χ1) is 11.0. The van der Waals surface area contributed by atoms with Gasteiger partial charge in [-0.2, -0.15) is 0 Å². The van der Waals surface area contributed by atoms with E-state index in [1.54, 1.807) is 47.0 Å². The third kappa shape index (κ3) is 3.79. The average Bonchev–Trinajstić information content (AvgIpc) is 2.56. The molecular weight excluding hydrogens is 301 g/mol. The van der Waals surface area contributed by atoms with E-state index in [0.717, 1.165) is 0 Å². The van der Waals surface area contributed by atoms with Gasteiger partial charge in [0, 0.05) is 31.7 Å². The van der Waals surface area contributed by atoms with E-state index in [2.05, 4.69) is 4.74 Å². The Morgan fingerprint density at radius 3 is 2.22 bits per heavy atom. The molecule has 6 nitrogen and oxygen atoms in total. The van der Waals surface area contributed by atoms with E-state index in [4.69, 9.17) is 0 Å². The van der Waals surface area contributed by atoms with Gasteiger partial charge in [-0.3, -0.25) is 9.69 Å². The van der Waals surface area contributed by atoms with Crippen LogP contribution in [0.2, 0.25) is 0 Å². The highest BCUT2D eigenvalue weighted by Crippen LogP contribution is 2.24. The third-order valence-corrected chi connectivity index (χ3v) is 3.97. The Hall–Kier alpha value is -2.15. The van der Waals surface area contributed by atoms with Gasteiger partial charge < -0.3 is 14.5 Å². The Morgan fingerprint density at radius 1 is 1.13 bits per heavy atom. The quantitative estimate of drug-likeness (QED) is 0.842. The summed E-state index contributed by atoms with van der Waals surface area (Å²) in [6, 6.07) is 5.63. The number of halogens is 1. The predicted molar refractivity (Wildman–Crippen MR) is 83.4 cm³/mol. The molecule has 1 aliphatic heterocycles. The van der Waals surface area contributed by atoms with Crippen LogP contribution in [0.3, 0.4) is 0 Å². The van der Waals surface area contributed by atoms with Gasteiger partial charge in [0.1, 0.15) is 11.9 Å². The lowest BCUT2D eigenvalue weighted by Crippen LogP contribution is -2.52. The fourth-order valence-corrected chi connectivity index (χ4v) is 2.74. The highest BCUT2D eigenvalue weighted by atomic mass is 19.1. The van der Waals surface area contributed by atoms with Crippen molar-refractivity contribution in [1.29, 1.82) is 0 Å². The number of hydrogen-bond donors (Lipinski definition) is 0. The summed E-state index contributed by atoms with van der Waals surface area (Å²) in [5.74, 6) is -0.558. The number of amides is 2. The van der Waals surface area contributed by atoms with E-state index in [0.29, 0.717) is 31.7 Å². The van der Waals surface area contributed by atoms with Crippen LogP contribution in [0.1, 0.15) is 11.6 Å². The van der Waals surface area contributed by atoms with Crippen molar-refractivity contribution >= 4 is 12.0 Å². The van der Waals surface area contributed by atoms with Crippen LogP contribution in [0.5, 0.6) is 0 Å². The molecule has 126 valence electrons. The van der Waals surface area contributed by atoms with Gasteiger partial charge in [0.05, 0.1) is 7.11 Å². The van der Waals surface area contributed by atoms with Gasteiger partial charge in [-0.15, -0.1) is 0 Å². The predicted octanol–water partition coefficient (Wildman–Crippen LogP) is 1.34. The summed E-state index contributed by atoms with van der Waals surface area (Å²) >= 11 is 0. The molecule has 1 aliphatic rings. The molecule has 0 aromatic heterocycles. The Labute approximate surface area is 135 Å². The number of benzene rings is 1. The fourth-order valence-electron chi connectivity index (χ4n) is 2.74. The topological polar surface area (TPSA) is 53.1 Å². The molecule has 23 heavy (non-hydrogen) atoms. The van der Waals surface area contributed by atoms with Gasteiger partial charge in [-0.1, -0.05) is 18.2 Å². The number of methoxy groups -OCH3 is 1. The number of likely N-dealkylation sites (N-methyl/N-ethyl adjacent to an activating group) is 1. The zero-order chi connectivity index (χ0) is 17.0. The highest BCUT2D eigenvalue weighted by molar-refractivity contribution is 5.83. The SMILES string of the molecule is COC(=O)N1CCN(C(=O)C(c2ccccc2F)N(C)C)CC1. The minimum Gasteiger partial charge on any atom is -0.453 e. The monoisotopic (exact) mass is 323 g/mol. The van der Waals surface area contributed by atoms with E-state index in [1.807, 2.05) is 0 Å². The van der Waals surface area contributed by atoms with Crippen LogP contribution < -0.4 is 0 Å². The van der Waals surface area contributed by atoms with Crippen molar-refractivity contribution in [3.63, 3.8) is 0 Å². The van der Waals surface area contributed by atoms with E-state index in [-0.39, 0.29) is 5.91 Å². The second-order valence-electron chi connectivity index (χ2n) is 5.67. The molecule has 2 amide bonds. The van der Waals surface area contributed by atoms with Crippen molar-refractivity contribution in [3.8, 4) is 0 Å². The number of hydrogen-bond acceptors (Lipinski definition) is 4.